The number of carbonyl (C=O) groups is 1. The highest BCUT2D eigenvalue weighted by Gasteiger charge is 2.20. The molecule has 0 aliphatic heterocycles. The summed E-state index contributed by atoms with van der Waals surface area (Å²) in [7, 11) is 1.61. The van der Waals surface area contributed by atoms with Gasteiger partial charge < -0.3 is 10.1 Å². The Labute approximate surface area is 115 Å². The van der Waals surface area contributed by atoms with Crippen molar-refractivity contribution < 1.29 is 9.53 Å². The highest BCUT2D eigenvalue weighted by Crippen LogP contribution is 2.25. The molecule has 1 aromatic rings. The minimum Gasteiger partial charge on any atom is -0.496 e. The molecule has 0 aromatic heterocycles. The number of benzene rings is 1. The zero-order chi connectivity index (χ0) is 13.8. The summed E-state index contributed by atoms with van der Waals surface area (Å²) in [5, 5.41) is 3.12. The monoisotopic (exact) mass is 261 g/mol. The van der Waals surface area contributed by atoms with E-state index in [1.54, 1.807) is 7.11 Å². The van der Waals surface area contributed by atoms with Gasteiger partial charge in [-0.25, -0.2) is 0 Å². The molecule has 1 fully saturated rings. The van der Waals surface area contributed by atoms with Crippen LogP contribution in [0.3, 0.4) is 0 Å². The smallest absolute Gasteiger partial charge is 0.255 e. The number of carbonyl (C=O) groups excluding carboxylic acids is 1. The van der Waals surface area contributed by atoms with Gasteiger partial charge in [0, 0.05) is 6.04 Å². The summed E-state index contributed by atoms with van der Waals surface area (Å²) >= 11 is 0. The summed E-state index contributed by atoms with van der Waals surface area (Å²) in [6, 6.07) is 6.20. The summed E-state index contributed by atoms with van der Waals surface area (Å²) in [6.07, 6.45) is 4.62. The average Bonchev–Trinajstić information content (AvgIpc) is 2.90. The minimum atomic E-state index is -0.00810. The standard InChI is InChI=1S/C16H23NO2/c1-11(2)12-8-9-15(19-3)14(10-12)16(18)17-13-6-4-5-7-13/h8-11,13H,4-7H2,1-3H3,(H,17,18). The molecular formula is C16H23NO2. The molecule has 1 aromatic carbocycles. The molecule has 3 heteroatoms. The van der Waals surface area contributed by atoms with Crippen molar-refractivity contribution in [1.82, 2.24) is 5.32 Å². The van der Waals surface area contributed by atoms with Crippen LogP contribution < -0.4 is 10.1 Å². The van der Waals surface area contributed by atoms with Gasteiger partial charge in [0.1, 0.15) is 5.75 Å². The second-order valence-electron chi connectivity index (χ2n) is 5.57. The van der Waals surface area contributed by atoms with E-state index in [0.717, 1.165) is 18.4 Å². The number of amides is 1. The normalized spacial score (nSPS) is 15.8. The Balaban J connectivity index is 2.20. The Hall–Kier alpha value is -1.51. The second kappa shape index (κ2) is 6.09. The van der Waals surface area contributed by atoms with Gasteiger partial charge in [-0.05, 0) is 36.5 Å². The van der Waals surface area contributed by atoms with Crippen molar-refractivity contribution in [3.05, 3.63) is 29.3 Å². The van der Waals surface area contributed by atoms with E-state index in [1.165, 1.54) is 12.8 Å². The first kappa shape index (κ1) is 13.9. The Morgan fingerprint density at radius 1 is 1.32 bits per heavy atom. The first-order chi connectivity index (χ1) is 9.11. The molecule has 0 heterocycles. The molecule has 0 spiro atoms. The Kier molecular flexibility index (Phi) is 4.46. The largest absolute Gasteiger partial charge is 0.496 e. The summed E-state index contributed by atoms with van der Waals surface area (Å²) in [6.45, 7) is 4.25. The second-order valence-corrected chi connectivity index (χ2v) is 5.57. The molecule has 0 unspecified atom stereocenters. The van der Waals surface area contributed by atoms with Gasteiger partial charge >= 0.3 is 0 Å². The average molecular weight is 261 g/mol. The van der Waals surface area contributed by atoms with E-state index in [-0.39, 0.29) is 5.91 Å². The molecule has 104 valence electrons. The predicted octanol–water partition coefficient (Wildman–Crippen LogP) is 3.49. The van der Waals surface area contributed by atoms with Crippen LogP contribution in [0.1, 0.15) is 61.4 Å². The first-order valence-electron chi connectivity index (χ1n) is 7.10. The number of rotatable bonds is 4. The molecule has 0 saturated heterocycles. The van der Waals surface area contributed by atoms with E-state index < -0.39 is 0 Å². The van der Waals surface area contributed by atoms with Gasteiger partial charge in [0.15, 0.2) is 0 Å². The van der Waals surface area contributed by atoms with Crippen LogP contribution in [0.2, 0.25) is 0 Å². The highest BCUT2D eigenvalue weighted by molar-refractivity contribution is 5.97. The van der Waals surface area contributed by atoms with Gasteiger partial charge in [-0.15, -0.1) is 0 Å². The third-order valence-corrected chi connectivity index (χ3v) is 3.83. The highest BCUT2D eigenvalue weighted by atomic mass is 16.5. The maximum atomic E-state index is 12.4. The van der Waals surface area contributed by atoms with Crippen molar-refractivity contribution in [3.63, 3.8) is 0 Å². The Morgan fingerprint density at radius 2 is 2.00 bits per heavy atom. The fraction of sp³-hybridized carbons (Fsp3) is 0.562. The van der Waals surface area contributed by atoms with E-state index in [2.05, 4.69) is 19.2 Å². The molecule has 1 aliphatic rings. The Bertz CT molecular complexity index is 448. The minimum absolute atomic E-state index is 0.00810. The Morgan fingerprint density at radius 3 is 2.58 bits per heavy atom. The fourth-order valence-corrected chi connectivity index (χ4v) is 2.60. The van der Waals surface area contributed by atoms with Crippen LogP contribution in [0, 0.1) is 0 Å². The fourth-order valence-electron chi connectivity index (χ4n) is 2.60. The molecule has 19 heavy (non-hydrogen) atoms. The molecule has 1 aliphatic carbocycles. The lowest BCUT2D eigenvalue weighted by atomic mass is 9.99. The zero-order valence-corrected chi connectivity index (χ0v) is 12.0. The van der Waals surface area contributed by atoms with Crippen molar-refractivity contribution >= 4 is 5.91 Å². The van der Waals surface area contributed by atoms with Crippen molar-refractivity contribution in [2.75, 3.05) is 7.11 Å². The van der Waals surface area contributed by atoms with Crippen LogP contribution in [0.25, 0.3) is 0 Å². The molecule has 3 nitrogen and oxygen atoms in total. The van der Waals surface area contributed by atoms with E-state index in [9.17, 15) is 4.79 Å². The summed E-state index contributed by atoms with van der Waals surface area (Å²) in [5.41, 5.74) is 1.82. The quantitative estimate of drug-likeness (QED) is 0.901. The molecular weight excluding hydrogens is 238 g/mol. The molecule has 1 saturated carbocycles. The number of methoxy groups -OCH3 is 1. The van der Waals surface area contributed by atoms with E-state index in [0.29, 0.717) is 23.3 Å². The van der Waals surface area contributed by atoms with Gasteiger partial charge in [-0.3, -0.25) is 4.79 Å². The molecule has 2 rings (SSSR count). The van der Waals surface area contributed by atoms with E-state index in [4.69, 9.17) is 4.74 Å². The maximum absolute atomic E-state index is 12.4. The summed E-state index contributed by atoms with van der Waals surface area (Å²) in [5.74, 6) is 1.05. The third-order valence-electron chi connectivity index (χ3n) is 3.83. The van der Waals surface area contributed by atoms with Gasteiger partial charge in [0.2, 0.25) is 0 Å². The van der Waals surface area contributed by atoms with Crippen LogP contribution in [0.4, 0.5) is 0 Å². The van der Waals surface area contributed by atoms with Crippen LogP contribution in [-0.2, 0) is 0 Å². The molecule has 0 bridgehead atoms. The van der Waals surface area contributed by atoms with Gasteiger partial charge in [0.05, 0.1) is 12.7 Å². The SMILES string of the molecule is COc1ccc(C(C)C)cc1C(=O)NC1CCCC1. The lowest BCUT2D eigenvalue weighted by molar-refractivity contribution is 0.0934. The maximum Gasteiger partial charge on any atom is 0.255 e. The van der Waals surface area contributed by atoms with Gasteiger partial charge in [-0.2, -0.15) is 0 Å². The van der Waals surface area contributed by atoms with Crippen LogP contribution in [0.15, 0.2) is 18.2 Å². The number of ether oxygens (including phenoxy) is 1. The molecule has 0 atom stereocenters. The van der Waals surface area contributed by atoms with Crippen molar-refractivity contribution in [3.8, 4) is 5.75 Å². The van der Waals surface area contributed by atoms with Crippen LogP contribution in [0.5, 0.6) is 5.75 Å². The van der Waals surface area contributed by atoms with Gasteiger partial charge in [0.25, 0.3) is 5.91 Å². The number of hydrogen-bond donors (Lipinski definition) is 1. The summed E-state index contributed by atoms with van der Waals surface area (Å²) in [4.78, 5) is 12.4. The molecule has 0 radical (unpaired) electrons. The van der Waals surface area contributed by atoms with Crippen molar-refractivity contribution in [2.45, 2.75) is 51.5 Å². The number of nitrogens with one attached hydrogen (secondary N) is 1. The van der Waals surface area contributed by atoms with Crippen LogP contribution in [-0.4, -0.2) is 19.1 Å². The lowest BCUT2D eigenvalue weighted by Gasteiger charge is -2.15. The van der Waals surface area contributed by atoms with Crippen molar-refractivity contribution in [1.29, 1.82) is 0 Å². The van der Waals surface area contributed by atoms with Crippen molar-refractivity contribution in [2.24, 2.45) is 0 Å². The van der Waals surface area contributed by atoms with Crippen LogP contribution >= 0.6 is 0 Å². The molecule has 1 N–H and O–H groups in total. The lowest BCUT2D eigenvalue weighted by Crippen LogP contribution is -2.32. The first-order valence-corrected chi connectivity index (χ1v) is 7.10. The third kappa shape index (κ3) is 3.28. The predicted molar refractivity (Wildman–Crippen MR) is 76.8 cm³/mol. The molecule has 1 amide bonds. The van der Waals surface area contributed by atoms with E-state index in [1.807, 2.05) is 18.2 Å². The van der Waals surface area contributed by atoms with Gasteiger partial charge in [-0.1, -0.05) is 32.8 Å². The summed E-state index contributed by atoms with van der Waals surface area (Å²) < 4.78 is 5.30. The zero-order valence-electron chi connectivity index (χ0n) is 12.0. The topological polar surface area (TPSA) is 38.3 Å². The van der Waals surface area contributed by atoms with E-state index >= 15 is 0 Å². The number of hydrogen-bond acceptors (Lipinski definition) is 2.